The van der Waals surface area contributed by atoms with Gasteiger partial charge in [0, 0.05) is 5.69 Å². The number of rotatable bonds is 6. The highest BCUT2D eigenvalue weighted by atomic mass is 35.5. The zero-order valence-electron chi connectivity index (χ0n) is 15.9. The van der Waals surface area contributed by atoms with Crippen LogP contribution in [0, 0.1) is 0 Å². The van der Waals surface area contributed by atoms with Crippen LogP contribution in [-0.2, 0) is 10.2 Å². The third kappa shape index (κ3) is 5.15. The maximum absolute atomic E-state index is 12.5. The summed E-state index contributed by atoms with van der Waals surface area (Å²) < 4.78 is 11.0. The highest BCUT2D eigenvalue weighted by Crippen LogP contribution is 2.28. The van der Waals surface area contributed by atoms with Crippen LogP contribution in [0.3, 0.4) is 0 Å². The first-order valence-electron chi connectivity index (χ1n) is 8.66. The molecule has 0 bridgehead atoms. The van der Waals surface area contributed by atoms with Crippen LogP contribution < -0.4 is 14.8 Å². The second-order valence-corrected chi connectivity index (χ2v) is 7.53. The molecule has 4 nitrogen and oxygen atoms in total. The monoisotopic (exact) mass is 375 g/mol. The summed E-state index contributed by atoms with van der Waals surface area (Å²) in [6.45, 7) is 8.39. The Morgan fingerprint density at radius 1 is 1.15 bits per heavy atom. The lowest BCUT2D eigenvalue weighted by Crippen LogP contribution is -2.32. The van der Waals surface area contributed by atoms with E-state index in [-0.39, 0.29) is 11.3 Å². The molecule has 0 aliphatic carbocycles. The summed E-state index contributed by atoms with van der Waals surface area (Å²) in [7, 11) is 1.55. The van der Waals surface area contributed by atoms with Gasteiger partial charge >= 0.3 is 0 Å². The van der Waals surface area contributed by atoms with E-state index >= 15 is 0 Å². The molecule has 0 radical (unpaired) electrons. The van der Waals surface area contributed by atoms with E-state index in [2.05, 4.69) is 26.1 Å². The molecule has 0 aliphatic rings. The number of methoxy groups -OCH3 is 1. The standard InChI is InChI=1S/C21H26ClNO3/c1-6-18(26-16-10-7-14(8-11-16)21(2,3)4)20(24)23-15-9-12-19(25-5)17(22)13-15/h7-13,18H,6H2,1-5H3,(H,23,24)/t18-/m1/s1. The van der Waals surface area contributed by atoms with Crippen LogP contribution in [0.1, 0.15) is 39.7 Å². The van der Waals surface area contributed by atoms with Gasteiger partial charge in [0.15, 0.2) is 6.10 Å². The third-order valence-electron chi connectivity index (χ3n) is 4.08. The molecule has 1 amide bonds. The maximum atomic E-state index is 12.5. The lowest BCUT2D eigenvalue weighted by Gasteiger charge is -2.21. The highest BCUT2D eigenvalue weighted by molar-refractivity contribution is 6.32. The predicted molar refractivity (Wildman–Crippen MR) is 106 cm³/mol. The largest absolute Gasteiger partial charge is 0.495 e. The van der Waals surface area contributed by atoms with Gasteiger partial charge in [-0.15, -0.1) is 0 Å². The van der Waals surface area contributed by atoms with Crippen LogP contribution >= 0.6 is 11.6 Å². The quantitative estimate of drug-likeness (QED) is 0.731. The highest BCUT2D eigenvalue weighted by Gasteiger charge is 2.20. The Morgan fingerprint density at radius 2 is 1.81 bits per heavy atom. The van der Waals surface area contributed by atoms with E-state index < -0.39 is 6.10 Å². The summed E-state index contributed by atoms with van der Waals surface area (Å²) in [4.78, 5) is 12.5. The fourth-order valence-corrected chi connectivity index (χ4v) is 2.74. The number of benzene rings is 2. The summed E-state index contributed by atoms with van der Waals surface area (Å²) in [5, 5.41) is 3.28. The topological polar surface area (TPSA) is 47.6 Å². The molecule has 2 aromatic carbocycles. The number of hydrogen-bond donors (Lipinski definition) is 1. The van der Waals surface area contributed by atoms with Crippen molar-refractivity contribution < 1.29 is 14.3 Å². The minimum absolute atomic E-state index is 0.0771. The van der Waals surface area contributed by atoms with Crippen LogP contribution in [0.2, 0.25) is 5.02 Å². The van der Waals surface area contributed by atoms with Gasteiger partial charge in [0.2, 0.25) is 0 Å². The molecule has 0 fully saturated rings. The summed E-state index contributed by atoms with van der Waals surface area (Å²) >= 11 is 6.10. The minimum atomic E-state index is -0.587. The maximum Gasteiger partial charge on any atom is 0.265 e. The summed E-state index contributed by atoms with van der Waals surface area (Å²) in [5.41, 5.74) is 1.90. The second-order valence-electron chi connectivity index (χ2n) is 7.13. The third-order valence-corrected chi connectivity index (χ3v) is 4.38. The number of carbonyl (C=O) groups is 1. The number of nitrogens with one attached hydrogen (secondary N) is 1. The Labute approximate surface area is 160 Å². The number of hydrogen-bond acceptors (Lipinski definition) is 3. The molecule has 0 heterocycles. The number of anilines is 1. The van der Waals surface area contributed by atoms with Crippen molar-refractivity contribution >= 4 is 23.2 Å². The molecule has 0 aliphatic heterocycles. The lowest BCUT2D eigenvalue weighted by atomic mass is 9.87. The van der Waals surface area contributed by atoms with Gasteiger partial charge in [-0.2, -0.15) is 0 Å². The molecule has 0 spiro atoms. The molecular formula is C21H26ClNO3. The number of amides is 1. The van der Waals surface area contributed by atoms with Crippen LogP contribution in [-0.4, -0.2) is 19.1 Å². The number of ether oxygens (including phenoxy) is 2. The molecule has 26 heavy (non-hydrogen) atoms. The van der Waals surface area contributed by atoms with Crippen molar-refractivity contribution in [2.45, 2.75) is 45.6 Å². The van der Waals surface area contributed by atoms with E-state index in [4.69, 9.17) is 21.1 Å². The molecule has 2 rings (SSSR count). The average molecular weight is 376 g/mol. The summed E-state index contributed by atoms with van der Waals surface area (Å²) in [5.74, 6) is 1.02. The molecule has 140 valence electrons. The van der Waals surface area contributed by atoms with Crippen molar-refractivity contribution in [1.29, 1.82) is 0 Å². The van der Waals surface area contributed by atoms with Crippen LogP contribution in [0.4, 0.5) is 5.69 Å². The first-order valence-corrected chi connectivity index (χ1v) is 9.04. The van der Waals surface area contributed by atoms with Crippen molar-refractivity contribution in [1.82, 2.24) is 0 Å². The van der Waals surface area contributed by atoms with Crippen molar-refractivity contribution in [3.8, 4) is 11.5 Å². The van der Waals surface area contributed by atoms with Crippen LogP contribution in [0.25, 0.3) is 0 Å². The Balaban J connectivity index is 2.05. The van der Waals surface area contributed by atoms with Crippen LogP contribution in [0.15, 0.2) is 42.5 Å². The van der Waals surface area contributed by atoms with Gasteiger partial charge in [-0.05, 0) is 47.7 Å². The lowest BCUT2D eigenvalue weighted by molar-refractivity contribution is -0.122. The zero-order valence-corrected chi connectivity index (χ0v) is 16.7. The molecule has 0 aromatic heterocycles. The number of halogens is 1. The van der Waals surface area contributed by atoms with E-state index in [0.717, 1.165) is 0 Å². The van der Waals surface area contributed by atoms with Crippen molar-refractivity contribution in [2.24, 2.45) is 0 Å². The molecule has 0 saturated carbocycles. The molecule has 2 aromatic rings. The fourth-order valence-electron chi connectivity index (χ4n) is 2.49. The van der Waals surface area contributed by atoms with Gasteiger partial charge in [-0.1, -0.05) is 51.4 Å². The van der Waals surface area contributed by atoms with Gasteiger partial charge in [0.25, 0.3) is 5.91 Å². The first kappa shape index (κ1) is 20.1. The number of carbonyl (C=O) groups excluding carboxylic acids is 1. The molecule has 0 unspecified atom stereocenters. The van der Waals surface area contributed by atoms with E-state index in [1.54, 1.807) is 25.3 Å². The Morgan fingerprint density at radius 3 is 2.31 bits per heavy atom. The molecule has 1 atom stereocenters. The normalized spacial score (nSPS) is 12.4. The second kappa shape index (κ2) is 8.45. The minimum Gasteiger partial charge on any atom is -0.495 e. The molecular weight excluding hydrogens is 350 g/mol. The van der Waals surface area contributed by atoms with E-state index in [1.807, 2.05) is 31.2 Å². The first-order chi connectivity index (χ1) is 12.2. The van der Waals surface area contributed by atoms with Gasteiger partial charge < -0.3 is 14.8 Å². The van der Waals surface area contributed by atoms with Crippen molar-refractivity contribution in [3.63, 3.8) is 0 Å². The summed E-state index contributed by atoms with van der Waals surface area (Å²) in [6, 6.07) is 13.0. The van der Waals surface area contributed by atoms with E-state index in [1.165, 1.54) is 5.56 Å². The zero-order chi connectivity index (χ0) is 19.3. The van der Waals surface area contributed by atoms with Gasteiger partial charge in [-0.3, -0.25) is 4.79 Å². The average Bonchev–Trinajstić information content (AvgIpc) is 2.59. The van der Waals surface area contributed by atoms with E-state index in [0.29, 0.717) is 28.6 Å². The van der Waals surface area contributed by atoms with Crippen molar-refractivity contribution in [3.05, 3.63) is 53.1 Å². The van der Waals surface area contributed by atoms with Crippen molar-refractivity contribution in [2.75, 3.05) is 12.4 Å². The SMILES string of the molecule is CC[C@@H](Oc1ccc(C(C)(C)C)cc1)C(=O)Nc1ccc(OC)c(Cl)c1. The molecule has 5 heteroatoms. The molecule has 1 N–H and O–H groups in total. The summed E-state index contributed by atoms with van der Waals surface area (Å²) in [6.07, 6.45) is -0.0344. The fraction of sp³-hybridized carbons (Fsp3) is 0.381. The Kier molecular flexibility index (Phi) is 6.54. The van der Waals surface area contributed by atoms with Crippen LogP contribution in [0.5, 0.6) is 11.5 Å². The van der Waals surface area contributed by atoms with Gasteiger partial charge in [0.1, 0.15) is 11.5 Å². The van der Waals surface area contributed by atoms with E-state index in [9.17, 15) is 4.79 Å². The van der Waals surface area contributed by atoms with Gasteiger partial charge in [-0.25, -0.2) is 0 Å². The predicted octanol–water partition coefficient (Wildman–Crippen LogP) is 5.44. The Bertz CT molecular complexity index is 751. The van der Waals surface area contributed by atoms with Gasteiger partial charge in [0.05, 0.1) is 12.1 Å². The molecule has 0 saturated heterocycles. The Hall–Kier alpha value is -2.20. The smallest absolute Gasteiger partial charge is 0.265 e.